The maximum absolute atomic E-state index is 5.14. The lowest BCUT2D eigenvalue weighted by Crippen LogP contribution is -2.38. The molecule has 0 aromatic carbocycles. The Morgan fingerprint density at radius 2 is 2.21 bits per heavy atom. The summed E-state index contributed by atoms with van der Waals surface area (Å²) in [5.41, 5.74) is 0. The molecule has 0 saturated carbocycles. The van der Waals surface area contributed by atoms with E-state index in [1.807, 2.05) is 0 Å². The van der Waals surface area contributed by atoms with Crippen LogP contribution < -0.4 is 15.0 Å². The molecule has 1 fully saturated rings. The summed E-state index contributed by atoms with van der Waals surface area (Å²) in [4.78, 5) is 11.0. The Bertz CT molecular complexity index is 377. The lowest BCUT2D eigenvalue weighted by atomic mass is 9.97. The normalized spacial score (nSPS) is 16.6. The molecule has 0 aliphatic carbocycles. The molecular weight excluding hydrogens is 240 g/mol. The molecule has 19 heavy (non-hydrogen) atoms. The summed E-state index contributed by atoms with van der Waals surface area (Å²) in [6, 6.07) is 1.78. The fraction of sp³-hybridized carbons (Fsp3) is 0.714. The average molecular weight is 264 g/mol. The summed E-state index contributed by atoms with van der Waals surface area (Å²) >= 11 is 0. The lowest BCUT2D eigenvalue weighted by Gasteiger charge is -2.32. The van der Waals surface area contributed by atoms with Gasteiger partial charge in [0.1, 0.15) is 0 Å². The minimum Gasteiger partial charge on any atom is -0.481 e. The van der Waals surface area contributed by atoms with Crippen LogP contribution >= 0.6 is 0 Å². The first kappa shape index (κ1) is 14.1. The summed E-state index contributed by atoms with van der Waals surface area (Å²) < 4.78 is 5.14. The van der Waals surface area contributed by atoms with Gasteiger partial charge in [0, 0.05) is 25.4 Å². The molecule has 0 amide bonds. The van der Waals surface area contributed by atoms with E-state index >= 15 is 0 Å². The van der Waals surface area contributed by atoms with Crippen molar-refractivity contribution in [3.05, 3.63) is 12.3 Å². The van der Waals surface area contributed by atoms with Crippen LogP contribution in [-0.2, 0) is 0 Å². The Labute approximate surface area is 115 Å². The van der Waals surface area contributed by atoms with Crippen molar-refractivity contribution in [3.63, 3.8) is 0 Å². The van der Waals surface area contributed by atoms with E-state index in [1.54, 1.807) is 19.4 Å². The standard InChI is InChI=1S/C14H24N4O/c1-3-7-15-11-12-5-9-18(10-6-12)14-16-8-4-13(17-14)19-2/h4,8,12,15H,3,5-7,9-11H2,1-2H3. The minimum atomic E-state index is 0.636. The molecule has 1 aromatic heterocycles. The zero-order valence-electron chi connectivity index (χ0n) is 11.9. The number of methoxy groups -OCH3 is 1. The number of hydrogen-bond acceptors (Lipinski definition) is 5. The van der Waals surface area contributed by atoms with Crippen LogP contribution in [-0.4, -0.2) is 43.3 Å². The van der Waals surface area contributed by atoms with E-state index < -0.39 is 0 Å². The van der Waals surface area contributed by atoms with Crippen molar-refractivity contribution >= 4 is 5.95 Å². The number of hydrogen-bond donors (Lipinski definition) is 1. The van der Waals surface area contributed by atoms with E-state index in [2.05, 4.69) is 27.1 Å². The Hall–Kier alpha value is -1.36. The van der Waals surface area contributed by atoms with Crippen LogP contribution in [0.3, 0.4) is 0 Å². The van der Waals surface area contributed by atoms with Gasteiger partial charge in [-0.3, -0.25) is 0 Å². The third-order valence-corrected chi connectivity index (χ3v) is 3.58. The second-order valence-electron chi connectivity index (χ2n) is 5.03. The number of rotatable bonds is 6. The molecule has 1 aromatic rings. The summed E-state index contributed by atoms with van der Waals surface area (Å²) in [6.45, 7) is 6.53. The number of aromatic nitrogens is 2. The van der Waals surface area contributed by atoms with Crippen LogP contribution in [0.15, 0.2) is 12.3 Å². The van der Waals surface area contributed by atoms with Crippen LogP contribution in [0, 0.1) is 5.92 Å². The second kappa shape index (κ2) is 7.28. The Morgan fingerprint density at radius 3 is 2.89 bits per heavy atom. The zero-order chi connectivity index (χ0) is 13.5. The molecule has 5 heteroatoms. The van der Waals surface area contributed by atoms with E-state index in [4.69, 9.17) is 4.74 Å². The van der Waals surface area contributed by atoms with Gasteiger partial charge in [-0.15, -0.1) is 0 Å². The predicted octanol–water partition coefficient (Wildman–Crippen LogP) is 1.70. The van der Waals surface area contributed by atoms with E-state index in [0.29, 0.717) is 5.88 Å². The Balaban J connectivity index is 1.82. The molecular formula is C14H24N4O. The first-order valence-electron chi connectivity index (χ1n) is 7.16. The third-order valence-electron chi connectivity index (χ3n) is 3.58. The van der Waals surface area contributed by atoms with E-state index in [0.717, 1.165) is 38.0 Å². The lowest BCUT2D eigenvalue weighted by molar-refractivity contribution is 0.376. The first-order valence-corrected chi connectivity index (χ1v) is 7.16. The van der Waals surface area contributed by atoms with E-state index in [9.17, 15) is 0 Å². The second-order valence-corrected chi connectivity index (χ2v) is 5.03. The quantitative estimate of drug-likeness (QED) is 0.793. The van der Waals surface area contributed by atoms with Crippen LogP contribution in [0.25, 0.3) is 0 Å². The van der Waals surface area contributed by atoms with Crippen molar-refractivity contribution < 1.29 is 4.74 Å². The number of anilines is 1. The summed E-state index contributed by atoms with van der Waals surface area (Å²) in [5.74, 6) is 2.21. The van der Waals surface area contributed by atoms with Gasteiger partial charge in [-0.1, -0.05) is 6.92 Å². The SMILES string of the molecule is CCCNCC1CCN(c2nccc(OC)n2)CC1. The highest BCUT2D eigenvalue weighted by molar-refractivity contribution is 5.32. The van der Waals surface area contributed by atoms with Crippen LogP contribution in [0.2, 0.25) is 0 Å². The monoisotopic (exact) mass is 264 g/mol. The molecule has 2 rings (SSSR count). The van der Waals surface area contributed by atoms with Gasteiger partial charge in [-0.2, -0.15) is 4.98 Å². The Morgan fingerprint density at radius 1 is 1.42 bits per heavy atom. The largest absolute Gasteiger partial charge is 0.481 e. The van der Waals surface area contributed by atoms with Gasteiger partial charge >= 0.3 is 0 Å². The van der Waals surface area contributed by atoms with E-state index in [-0.39, 0.29) is 0 Å². The Kier molecular flexibility index (Phi) is 5.39. The molecule has 2 heterocycles. The maximum Gasteiger partial charge on any atom is 0.228 e. The summed E-state index contributed by atoms with van der Waals surface area (Å²) in [6.07, 6.45) is 5.38. The minimum absolute atomic E-state index is 0.636. The van der Waals surface area contributed by atoms with Crippen molar-refractivity contribution in [3.8, 4) is 5.88 Å². The van der Waals surface area contributed by atoms with Gasteiger partial charge < -0.3 is 15.0 Å². The predicted molar refractivity (Wildman–Crippen MR) is 76.7 cm³/mol. The maximum atomic E-state index is 5.14. The number of piperidine rings is 1. The molecule has 1 saturated heterocycles. The fourth-order valence-corrected chi connectivity index (χ4v) is 2.42. The molecule has 0 spiro atoms. The van der Waals surface area contributed by atoms with Crippen LogP contribution in [0.4, 0.5) is 5.95 Å². The highest BCUT2D eigenvalue weighted by Crippen LogP contribution is 2.21. The van der Waals surface area contributed by atoms with Gasteiger partial charge in [0.05, 0.1) is 7.11 Å². The van der Waals surface area contributed by atoms with Crippen LogP contribution in [0.1, 0.15) is 26.2 Å². The zero-order valence-corrected chi connectivity index (χ0v) is 11.9. The van der Waals surface area contributed by atoms with Gasteiger partial charge in [-0.05, 0) is 38.3 Å². The summed E-state index contributed by atoms with van der Waals surface area (Å²) in [5, 5.41) is 3.51. The fourth-order valence-electron chi connectivity index (χ4n) is 2.42. The summed E-state index contributed by atoms with van der Waals surface area (Å²) in [7, 11) is 1.64. The topological polar surface area (TPSA) is 50.3 Å². The molecule has 1 aliphatic heterocycles. The van der Waals surface area contributed by atoms with Gasteiger partial charge in [0.15, 0.2) is 0 Å². The van der Waals surface area contributed by atoms with Crippen LogP contribution in [0.5, 0.6) is 5.88 Å². The van der Waals surface area contributed by atoms with Gasteiger partial charge in [-0.25, -0.2) is 4.98 Å². The smallest absolute Gasteiger partial charge is 0.228 e. The molecule has 106 valence electrons. The first-order chi connectivity index (χ1) is 9.33. The highest BCUT2D eigenvalue weighted by Gasteiger charge is 2.20. The third kappa shape index (κ3) is 4.06. The number of nitrogens with one attached hydrogen (secondary N) is 1. The molecule has 1 aliphatic rings. The van der Waals surface area contributed by atoms with Crippen molar-refractivity contribution in [2.75, 3.05) is 38.2 Å². The van der Waals surface area contributed by atoms with E-state index in [1.165, 1.54) is 19.3 Å². The average Bonchev–Trinajstić information content (AvgIpc) is 2.48. The molecule has 1 N–H and O–H groups in total. The van der Waals surface area contributed by atoms with Gasteiger partial charge in [0.25, 0.3) is 0 Å². The molecule has 0 bridgehead atoms. The van der Waals surface area contributed by atoms with Crippen molar-refractivity contribution in [2.24, 2.45) is 5.92 Å². The number of ether oxygens (including phenoxy) is 1. The van der Waals surface area contributed by atoms with Crippen molar-refractivity contribution in [1.29, 1.82) is 0 Å². The highest BCUT2D eigenvalue weighted by atomic mass is 16.5. The number of nitrogens with zero attached hydrogens (tertiary/aromatic N) is 3. The molecule has 0 atom stereocenters. The van der Waals surface area contributed by atoms with Gasteiger partial charge in [0.2, 0.25) is 11.8 Å². The molecule has 0 radical (unpaired) electrons. The van der Waals surface area contributed by atoms with Crippen molar-refractivity contribution in [2.45, 2.75) is 26.2 Å². The molecule has 5 nitrogen and oxygen atoms in total. The molecule has 0 unspecified atom stereocenters. The van der Waals surface area contributed by atoms with Crippen molar-refractivity contribution in [1.82, 2.24) is 15.3 Å².